The van der Waals surface area contributed by atoms with E-state index in [0.717, 1.165) is 18.5 Å². The fraction of sp³-hybridized carbons (Fsp3) is 0.571. The molecule has 1 amide bonds. The molecular formula is C21H37BN2O7. The van der Waals surface area contributed by atoms with Crippen LogP contribution >= 0.6 is 0 Å². The molecule has 0 heterocycles. The first kappa shape index (κ1) is 30.6. The quantitative estimate of drug-likeness (QED) is 0.424. The lowest BCUT2D eigenvalue weighted by Crippen LogP contribution is -2.43. The van der Waals surface area contributed by atoms with Crippen molar-refractivity contribution in [2.45, 2.75) is 59.2 Å². The number of amides is 1. The minimum absolute atomic E-state index is 0.137. The normalized spacial score (nSPS) is 11.9. The summed E-state index contributed by atoms with van der Waals surface area (Å²) < 4.78 is 5.13. The van der Waals surface area contributed by atoms with Gasteiger partial charge < -0.3 is 25.7 Å². The summed E-state index contributed by atoms with van der Waals surface area (Å²) in [5.74, 6) is -1.39. The average molecular weight is 440 g/mol. The van der Waals surface area contributed by atoms with Gasteiger partial charge in [-0.15, -0.1) is 0 Å². The summed E-state index contributed by atoms with van der Waals surface area (Å²) >= 11 is 0. The van der Waals surface area contributed by atoms with Crippen molar-refractivity contribution in [3.63, 3.8) is 0 Å². The van der Waals surface area contributed by atoms with E-state index in [1.165, 1.54) is 7.05 Å². The maximum atomic E-state index is 11.9. The largest absolute Gasteiger partial charge is 0.480 e. The van der Waals surface area contributed by atoms with Gasteiger partial charge in [-0.1, -0.05) is 58.0 Å². The van der Waals surface area contributed by atoms with Gasteiger partial charge in [-0.25, -0.2) is 9.59 Å². The van der Waals surface area contributed by atoms with Crippen molar-refractivity contribution in [3.8, 4) is 0 Å². The Hall–Kier alpha value is -2.59. The first-order chi connectivity index (χ1) is 14.5. The number of nitrogens with two attached hydrogens (primary N) is 1. The van der Waals surface area contributed by atoms with Gasteiger partial charge in [-0.2, -0.15) is 0 Å². The Morgan fingerprint density at radius 2 is 1.45 bits per heavy atom. The number of hydrogen-bond acceptors (Lipinski definition) is 6. The molecule has 0 radical (unpaired) electrons. The number of likely N-dealkylation sites (N-methyl/N-ethyl adjacent to an activating group) is 1. The van der Waals surface area contributed by atoms with Gasteiger partial charge in [-0.05, 0) is 30.2 Å². The van der Waals surface area contributed by atoms with E-state index in [9.17, 15) is 19.5 Å². The van der Waals surface area contributed by atoms with Crippen molar-refractivity contribution >= 4 is 26.1 Å². The number of aliphatic carboxylic acids is 2. The van der Waals surface area contributed by atoms with Crippen LogP contribution in [0.15, 0.2) is 30.3 Å². The van der Waals surface area contributed by atoms with E-state index >= 15 is 0 Å². The molecule has 5 N–H and O–H groups in total. The van der Waals surface area contributed by atoms with Crippen molar-refractivity contribution in [2.75, 3.05) is 7.05 Å². The first-order valence-corrected chi connectivity index (χ1v) is 10.0. The third kappa shape index (κ3) is 15.0. The van der Waals surface area contributed by atoms with Gasteiger partial charge in [0.25, 0.3) is 8.05 Å². The molecule has 0 aromatic heterocycles. The van der Waals surface area contributed by atoms with Gasteiger partial charge in [0.15, 0.2) is 0 Å². The zero-order valence-electron chi connectivity index (χ0n) is 19.3. The fourth-order valence-corrected chi connectivity index (χ4v) is 2.43. The zero-order chi connectivity index (χ0) is 24.6. The molecule has 0 unspecified atom stereocenters. The molecule has 0 saturated heterocycles. The molecule has 10 heteroatoms. The summed E-state index contributed by atoms with van der Waals surface area (Å²) in [5, 5.41) is 24.5. The Kier molecular flexibility index (Phi) is 16.9. The molecule has 0 bridgehead atoms. The number of ether oxygens (including phenoxy) is 1. The van der Waals surface area contributed by atoms with Crippen molar-refractivity contribution in [1.29, 1.82) is 0 Å². The van der Waals surface area contributed by atoms with Gasteiger partial charge >= 0.3 is 18.0 Å². The van der Waals surface area contributed by atoms with Crippen LogP contribution < -0.4 is 5.73 Å². The van der Waals surface area contributed by atoms with Crippen LogP contribution in [-0.2, 0) is 20.9 Å². The molecule has 1 aromatic rings. The number of nitrogens with zero attached hydrogens (tertiary/aromatic N) is 1. The van der Waals surface area contributed by atoms with E-state index in [-0.39, 0.29) is 12.5 Å². The molecule has 0 saturated carbocycles. The summed E-state index contributed by atoms with van der Waals surface area (Å²) in [6.45, 7) is 7.86. The van der Waals surface area contributed by atoms with E-state index in [2.05, 4.69) is 0 Å². The van der Waals surface area contributed by atoms with Gasteiger partial charge in [0, 0.05) is 7.05 Å². The number of carbonyl (C=O) groups excluding carboxylic acids is 1. The van der Waals surface area contributed by atoms with Crippen LogP contribution in [0.1, 0.15) is 46.1 Å². The first-order valence-electron chi connectivity index (χ1n) is 10.0. The Morgan fingerprint density at radius 1 is 0.968 bits per heavy atom. The van der Waals surface area contributed by atoms with E-state index < -0.39 is 30.1 Å². The second-order valence-electron chi connectivity index (χ2n) is 7.71. The molecule has 0 aliphatic carbocycles. The van der Waals surface area contributed by atoms with Crippen molar-refractivity contribution < 1.29 is 34.4 Å². The number of carboxylic acid groups (broad SMARTS) is 2. The van der Waals surface area contributed by atoms with Crippen molar-refractivity contribution in [2.24, 2.45) is 17.6 Å². The predicted octanol–water partition coefficient (Wildman–Crippen LogP) is 1.73. The summed E-state index contributed by atoms with van der Waals surface area (Å²) in [7, 11) is 2.45. The van der Waals surface area contributed by atoms with Crippen molar-refractivity contribution in [3.05, 3.63) is 35.9 Å². The minimum Gasteiger partial charge on any atom is -0.480 e. The molecule has 0 spiro atoms. The molecule has 31 heavy (non-hydrogen) atoms. The Balaban J connectivity index is 0. The number of carboxylic acids is 2. The zero-order valence-corrected chi connectivity index (χ0v) is 19.3. The standard InChI is InChI=1S/C15H21NO4.C6H13NO2.BH3O/c1-11(2)9-13(14(17)18)16(3)15(19)20-10-12-7-5-4-6-8-12;1-4(2)3-5(7)6(8)9;1-2/h4-8,11,13H,9-10H2,1-3H3,(H,17,18);4-5H,3,7H2,1-2H3,(H,8,9);2H,1H2/t13-;5-;/m00./s1. The van der Waals surface area contributed by atoms with Crippen LogP contribution in [0.2, 0.25) is 0 Å². The number of rotatable bonds is 9. The topological polar surface area (TPSA) is 150 Å². The summed E-state index contributed by atoms with van der Waals surface area (Å²) in [4.78, 5) is 34.3. The van der Waals surface area contributed by atoms with Crippen LogP contribution in [0.25, 0.3) is 0 Å². The van der Waals surface area contributed by atoms with Crippen LogP contribution in [-0.4, -0.2) is 65.3 Å². The lowest BCUT2D eigenvalue weighted by atomic mass is 10.0. The number of carbonyl (C=O) groups is 3. The Morgan fingerprint density at radius 3 is 1.81 bits per heavy atom. The highest BCUT2D eigenvalue weighted by Gasteiger charge is 2.28. The third-order valence-electron chi connectivity index (χ3n) is 3.98. The van der Waals surface area contributed by atoms with Crippen LogP contribution in [0.5, 0.6) is 0 Å². The van der Waals surface area contributed by atoms with Gasteiger partial charge in [0.05, 0.1) is 0 Å². The lowest BCUT2D eigenvalue weighted by molar-refractivity contribution is -0.143. The molecule has 0 fully saturated rings. The Labute approximate surface area is 185 Å². The molecule has 1 aromatic carbocycles. The number of hydrogen-bond donors (Lipinski definition) is 4. The van der Waals surface area contributed by atoms with Gasteiger partial charge in [-0.3, -0.25) is 9.69 Å². The maximum Gasteiger partial charge on any atom is 0.410 e. The molecule has 2 atom stereocenters. The molecule has 0 aliphatic heterocycles. The fourth-order valence-electron chi connectivity index (χ4n) is 2.43. The van der Waals surface area contributed by atoms with E-state index in [4.69, 9.17) is 20.6 Å². The third-order valence-corrected chi connectivity index (χ3v) is 3.98. The van der Waals surface area contributed by atoms with Gasteiger partial charge in [0.2, 0.25) is 0 Å². The van der Waals surface area contributed by atoms with Crippen LogP contribution in [0.3, 0.4) is 0 Å². The average Bonchev–Trinajstić information content (AvgIpc) is 2.71. The second kappa shape index (κ2) is 17.1. The number of benzene rings is 1. The molecule has 1 rings (SSSR count). The van der Waals surface area contributed by atoms with Crippen LogP contribution in [0.4, 0.5) is 4.79 Å². The minimum atomic E-state index is -1.02. The SMILES string of the molecule is BO.CC(C)C[C@@H](C(=O)O)N(C)C(=O)OCc1ccccc1.CC(C)C[C@H](N)C(=O)O. The highest BCUT2D eigenvalue weighted by atomic mass is 16.6. The maximum absolute atomic E-state index is 11.9. The summed E-state index contributed by atoms with van der Waals surface area (Å²) in [5.41, 5.74) is 6.08. The Bertz CT molecular complexity index is 642. The lowest BCUT2D eigenvalue weighted by Gasteiger charge is -2.25. The summed E-state index contributed by atoms with van der Waals surface area (Å²) in [6.07, 6.45) is 0.323. The summed E-state index contributed by atoms with van der Waals surface area (Å²) in [6, 6.07) is 7.72. The van der Waals surface area contributed by atoms with E-state index in [0.29, 0.717) is 18.8 Å². The second-order valence-corrected chi connectivity index (χ2v) is 7.71. The predicted molar refractivity (Wildman–Crippen MR) is 121 cm³/mol. The smallest absolute Gasteiger partial charge is 0.410 e. The van der Waals surface area contributed by atoms with E-state index in [1.54, 1.807) is 0 Å². The highest BCUT2D eigenvalue weighted by Crippen LogP contribution is 2.12. The molecule has 9 nitrogen and oxygen atoms in total. The van der Waals surface area contributed by atoms with Crippen LogP contribution in [0, 0.1) is 11.8 Å². The van der Waals surface area contributed by atoms with E-state index in [1.807, 2.05) is 58.0 Å². The van der Waals surface area contributed by atoms with Crippen molar-refractivity contribution in [1.82, 2.24) is 4.90 Å². The van der Waals surface area contributed by atoms with Gasteiger partial charge in [0.1, 0.15) is 18.7 Å². The monoisotopic (exact) mass is 440 g/mol. The molecule has 176 valence electrons. The molecular weight excluding hydrogens is 403 g/mol. The molecule has 0 aliphatic rings. The highest BCUT2D eigenvalue weighted by molar-refractivity contribution is 5.95.